The van der Waals surface area contributed by atoms with Crippen molar-refractivity contribution in [2.75, 3.05) is 38.6 Å². The van der Waals surface area contributed by atoms with Crippen molar-refractivity contribution in [3.05, 3.63) is 59.1 Å². The quantitative estimate of drug-likeness (QED) is 0.814. The fourth-order valence-electron chi connectivity index (χ4n) is 2.79. The third-order valence-electron chi connectivity index (χ3n) is 4.30. The standard InChI is InChI=1S/C19H20ClN3O2S/c1-25-15-8-6-14(7-9-15)21-19(26)23-12-10-22(11-13-23)18(24)16-4-2-3-5-17(16)20/h2-9H,10-13H2,1H3,(H,21,26). The Morgan fingerprint density at radius 2 is 1.65 bits per heavy atom. The highest BCUT2D eigenvalue weighted by Gasteiger charge is 2.24. The van der Waals surface area contributed by atoms with E-state index in [1.165, 1.54) is 0 Å². The Balaban J connectivity index is 1.55. The molecular weight excluding hydrogens is 370 g/mol. The summed E-state index contributed by atoms with van der Waals surface area (Å²) < 4.78 is 5.15. The topological polar surface area (TPSA) is 44.8 Å². The average Bonchev–Trinajstić information content (AvgIpc) is 2.68. The number of hydrogen-bond donors (Lipinski definition) is 1. The molecule has 1 aliphatic heterocycles. The molecule has 1 aliphatic rings. The molecule has 1 saturated heterocycles. The summed E-state index contributed by atoms with van der Waals surface area (Å²) in [7, 11) is 1.64. The highest BCUT2D eigenvalue weighted by atomic mass is 35.5. The molecule has 0 aromatic heterocycles. The highest BCUT2D eigenvalue weighted by Crippen LogP contribution is 2.19. The number of anilines is 1. The number of piperazine rings is 1. The van der Waals surface area contributed by atoms with Gasteiger partial charge in [0, 0.05) is 31.9 Å². The number of halogens is 1. The normalized spacial score (nSPS) is 14.1. The molecule has 5 nitrogen and oxygen atoms in total. The first-order valence-corrected chi connectivity index (χ1v) is 9.11. The molecule has 1 fully saturated rings. The third-order valence-corrected chi connectivity index (χ3v) is 4.99. The van der Waals surface area contributed by atoms with Crippen molar-refractivity contribution in [3.63, 3.8) is 0 Å². The zero-order valence-electron chi connectivity index (χ0n) is 14.4. The van der Waals surface area contributed by atoms with Crippen LogP contribution >= 0.6 is 23.8 Å². The molecule has 0 spiro atoms. The molecule has 2 aromatic carbocycles. The van der Waals surface area contributed by atoms with Gasteiger partial charge in [0.05, 0.1) is 17.7 Å². The summed E-state index contributed by atoms with van der Waals surface area (Å²) in [5.41, 5.74) is 1.45. The molecule has 0 bridgehead atoms. The summed E-state index contributed by atoms with van der Waals surface area (Å²) in [6.07, 6.45) is 0. The van der Waals surface area contributed by atoms with Gasteiger partial charge in [-0.3, -0.25) is 4.79 Å². The number of nitrogens with zero attached hydrogens (tertiary/aromatic N) is 2. The number of ether oxygens (including phenoxy) is 1. The summed E-state index contributed by atoms with van der Waals surface area (Å²) in [4.78, 5) is 16.5. The van der Waals surface area contributed by atoms with Gasteiger partial charge in [-0.05, 0) is 48.6 Å². The van der Waals surface area contributed by atoms with Gasteiger partial charge in [0.1, 0.15) is 5.75 Å². The molecule has 0 radical (unpaired) electrons. The minimum atomic E-state index is -0.0377. The number of nitrogens with one attached hydrogen (secondary N) is 1. The lowest BCUT2D eigenvalue weighted by Crippen LogP contribution is -2.51. The number of hydrogen-bond acceptors (Lipinski definition) is 3. The van der Waals surface area contributed by atoms with E-state index < -0.39 is 0 Å². The monoisotopic (exact) mass is 389 g/mol. The number of benzene rings is 2. The predicted octanol–water partition coefficient (Wildman–Crippen LogP) is 3.50. The van der Waals surface area contributed by atoms with Gasteiger partial charge < -0.3 is 19.9 Å². The number of thiocarbonyl (C=S) groups is 1. The molecule has 0 saturated carbocycles. The molecular formula is C19H20ClN3O2S. The van der Waals surface area contributed by atoms with E-state index in [-0.39, 0.29) is 5.91 Å². The molecule has 7 heteroatoms. The smallest absolute Gasteiger partial charge is 0.255 e. The van der Waals surface area contributed by atoms with Gasteiger partial charge in [-0.25, -0.2) is 0 Å². The summed E-state index contributed by atoms with van der Waals surface area (Å²) >= 11 is 11.6. The molecule has 26 heavy (non-hydrogen) atoms. The maximum atomic E-state index is 12.6. The lowest BCUT2D eigenvalue weighted by atomic mass is 10.2. The van der Waals surface area contributed by atoms with Crippen molar-refractivity contribution >= 4 is 40.5 Å². The van der Waals surface area contributed by atoms with Gasteiger partial charge in [0.25, 0.3) is 5.91 Å². The van der Waals surface area contributed by atoms with Crippen LogP contribution in [0.4, 0.5) is 5.69 Å². The second-order valence-electron chi connectivity index (χ2n) is 5.92. The van der Waals surface area contributed by atoms with Crippen molar-refractivity contribution in [2.45, 2.75) is 0 Å². The van der Waals surface area contributed by atoms with E-state index in [2.05, 4.69) is 10.2 Å². The van der Waals surface area contributed by atoms with Crippen LogP contribution in [0.15, 0.2) is 48.5 Å². The van der Waals surface area contributed by atoms with Crippen LogP contribution in [0.2, 0.25) is 5.02 Å². The van der Waals surface area contributed by atoms with Crippen molar-refractivity contribution in [3.8, 4) is 5.75 Å². The van der Waals surface area contributed by atoms with Gasteiger partial charge in [-0.1, -0.05) is 23.7 Å². The van der Waals surface area contributed by atoms with Crippen molar-refractivity contribution < 1.29 is 9.53 Å². The second-order valence-corrected chi connectivity index (χ2v) is 6.71. The van der Waals surface area contributed by atoms with Gasteiger partial charge in [-0.2, -0.15) is 0 Å². The molecule has 136 valence electrons. The van der Waals surface area contributed by atoms with E-state index in [4.69, 9.17) is 28.6 Å². The van der Waals surface area contributed by atoms with Crippen LogP contribution in [0, 0.1) is 0 Å². The van der Waals surface area contributed by atoms with E-state index in [1.807, 2.05) is 41.3 Å². The molecule has 1 N–H and O–H groups in total. The van der Waals surface area contributed by atoms with Crippen LogP contribution in [0.3, 0.4) is 0 Å². The SMILES string of the molecule is COc1ccc(NC(=S)N2CCN(C(=O)c3ccccc3Cl)CC2)cc1. The first-order valence-electron chi connectivity index (χ1n) is 8.32. The van der Waals surface area contributed by atoms with Crippen LogP contribution in [-0.2, 0) is 0 Å². The van der Waals surface area contributed by atoms with Gasteiger partial charge in [-0.15, -0.1) is 0 Å². The van der Waals surface area contributed by atoms with Gasteiger partial charge >= 0.3 is 0 Å². The molecule has 3 rings (SSSR count). The van der Waals surface area contributed by atoms with Crippen LogP contribution in [-0.4, -0.2) is 54.1 Å². The van der Waals surface area contributed by atoms with Crippen LogP contribution in [0.1, 0.15) is 10.4 Å². The van der Waals surface area contributed by atoms with Crippen LogP contribution in [0.25, 0.3) is 0 Å². The van der Waals surface area contributed by atoms with Gasteiger partial charge in [0.2, 0.25) is 0 Å². The largest absolute Gasteiger partial charge is 0.497 e. The lowest BCUT2D eigenvalue weighted by molar-refractivity contribution is 0.0693. The molecule has 0 aliphatic carbocycles. The highest BCUT2D eigenvalue weighted by molar-refractivity contribution is 7.80. The zero-order chi connectivity index (χ0) is 18.5. The average molecular weight is 390 g/mol. The molecule has 1 heterocycles. The Labute approximate surface area is 163 Å². The Kier molecular flexibility index (Phi) is 5.96. The number of methoxy groups -OCH3 is 1. The molecule has 0 unspecified atom stereocenters. The Morgan fingerprint density at radius 1 is 1.04 bits per heavy atom. The summed E-state index contributed by atoms with van der Waals surface area (Å²) in [5.74, 6) is 0.762. The minimum Gasteiger partial charge on any atom is -0.497 e. The fraction of sp³-hybridized carbons (Fsp3) is 0.263. The van der Waals surface area contributed by atoms with Crippen molar-refractivity contribution in [1.82, 2.24) is 9.80 Å². The Hall–Kier alpha value is -2.31. The van der Waals surface area contributed by atoms with Crippen LogP contribution < -0.4 is 10.1 Å². The minimum absolute atomic E-state index is 0.0377. The molecule has 2 aromatic rings. The number of amides is 1. The third kappa shape index (κ3) is 4.26. The van der Waals surface area contributed by atoms with Gasteiger partial charge in [0.15, 0.2) is 5.11 Å². The zero-order valence-corrected chi connectivity index (χ0v) is 16.0. The van der Waals surface area contributed by atoms with E-state index in [9.17, 15) is 4.79 Å². The van der Waals surface area contributed by atoms with E-state index in [0.717, 1.165) is 11.4 Å². The Bertz CT molecular complexity index is 790. The summed E-state index contributed by atoms with van der Waals surface area (Å²) in [5, 5.41) is 4.36. The number of carbonyl (C=O) groups is 1. The van der Waals surface area contributed by atoms with E-state index in [1.54, 1.807) is 19.2 Å². The maximum Gasteiger partial charge on any atom is 0.255 e. The van der Waals surface area contributed by atoms with Crippen LogP contribution in [0.5, 0.6) is 5.75 Å². The first-order chi connectivity index (χ1) is 12.6. The first kappa shape index (κ1) is 18.5. The number of carbonyl (C=O) groups excluding carboxylic acids is 1. The fourth-order valence-corrected chi connectivity index (χ4v) is 3.31. The van der Waals surface area contributed by atoms with E-state index in [0.29, 0.717) is 41.9 Å². The van der Waals surface area contributed by atoms with Crippen molar-refractivity contribution in [2.24, 2.45) is 0 Å². The Morgan fingerprint density at radius 3 is 2.27 bits per heavy atom. The lowest BCUT2D eigenvalue weighted by Gasteiger charge is -2.36. The summed E-state index contributed by atoms with van der Waals surface area (Å²) in [6, 6.07) is 14.7. The summed E-state index contributed by atoms with van der Waals surface area (Å²) in [6.45, 7) is 2.57. The predicted molar refractivity (Wildman–Crippen MR) is 108 cm³/mol. The second kappa shape index (κ2) is 8.38. The van der Waals surface area contributed by atoms with E-state index >= 15 is 0 Å². The maximum absolute atomic E-state index is 12.6. The molecule has 1 amide bonds. The number of rotatable bonds is 3. The molecule has 0 atom stereocenters. The van der Waals surface area contributed by atoms with Crippen molar-refractivity contribution in [1.29, 1.82) is 0 Å².